The molecule has 0 unspecified atom stereocenters. The van der Waals surface area contributed by atoms with E-state index >= 15 is 0 Å². The number of hydrogen-bond acceptors (Lipinski definition) is 4. The molecule has 0 saturated heterocycles. The molecule has 4 nitrogen and oxygen atoms in total. The van der Waals surface area contributed by atoms with Crippen molar-refractivity contribution in [3.8, 4) is 0 Å². The summed E-state index contributed by atoms with van der Waals surface area (Å²) in [5, 5.41) is 0. The van der Waals surface area contributed by atoms with Crippen LogP contribution in [0.4, 0.5) is 5.95 Å². The van der Waals surface area contributed by atoms with Gasteiger partial charge < -0.3 is 10.6 Å². The van der Waals surface area contributed by atoms with Gasteiger partial charge in [0.05, 0.1) is 0 Å². The molecule has 90 valence electrons. The van der Waals surface area contributed by atoms with Crippen LogP contribution in [0.2, 0.25) is 0 Å². The van der Waals surface area contributed by atoms with Gasteiger partial charge in [0, 0.05) is 31.5 Å². The van der Waals surface area contributed by atoms with Crippen LogP contribution in [0.25, 0.3) is 0 Å². The van der Waals surface area contributed by atoms with Crippen LogP contribution in [0.3, 0.4) is 0 Å². The van der Waals surface area contributed by atoms with Crippen molar-refractivity contribution in [2.75, 3.05) is 18.5 Å². The molecule has 0 saturated carbocycles. The van der Waals surface area contributed by atoms with Crippen molar-refractivity contribution >= 4 is 5.95 Å². The predicted molar refractivity (Wildman–Crippen MR) is 67.6 cm³/mol. The quantitative estimate of drug-likeness (QED) is 0.822. The first-order chi connectivity index (χ1) is 7.42. The maximum absolute atomic E-state index is 5.94. The van der Waals surface area contributed by atoms with Crippen LogP contribution in [-0.4, -0.2) is 29.1 Å². The number of rotatable bonds is 5. The Morgan fingerprint density at radius 1 is 1.31 bits per heavy atom. The lowest BCUT2D eigenvalue weighted by Gasteiger charge is -2.23. The summed E-state index contributed by atoms with van der Waals surface area (Å²) in [5.74, 6) is 0.765. The van der Waals surface area contributed by atoms with Gasteiger partial charge in [-0.1, -0.05) is 6.92 Å². The average molecular weight is 222 g/mol. The van der Waals surface area contributed by atoms with E-state index in [0.717, 1.165) is 30.9 Å². The zero-order chi connectivity index (χ0) is 12.2. The van der Waals surface area contributed by atoms with E-state index in [1.165, 1.54) is 0 Å². The van der Waals surface area contributed by atoms with Crippen LogP contribution >= 0.6 is 0 Å². The summed E-state index contributed by atoms with van der Waals surface area (Å²) in [6.07, 6.45) is 5.65. The Morgan fingerprint density at radius 3 is 2.31 bits per heavy atom. The number of nitrogens with two attached hydrogens (primary N) is 1. The first kappa shape index (κ1) is 12.9. The van der Waals surface area contributed by atoms with E-state index in [0.29, 0.717) is 0 Å². The highest BCUT2D eigenvalue weighted by atomic mass is 15.2. The molecule has 1 heterocycles. The Balaban J connectivity index is 2.56. The molecule has 4 heteroatoms. The molecule has 0 aliphatic carbocycles. The van der Waals surface area contributed by atoms with Crippen molar-refractivity contribution in [2.45, 2.75) is 39.2 Å². The lowest BCUT2D eigenvalue weighted by molar-refractivity contribution is 0.477. The van der Waals surface area contributed by atoms with E-state index in [1.807, 2.05) is 38.2 Å². The smallest absolute Gasteiger partial charge is 0.224 e. The Hall–Kier alpha value is -1.16. The molecule has 0 aliphatic heterocycles. The molecule has 0 amide bonds. The molecule has 0 atom stereocenters. The van der Waals surface area contributed by atoms with Gasteiger partial charge in [0.1, 0.15) is 0 Å². The maximum atomic E-state index is 5.94. The van der Waals surface area contributed by atoms with Gasteiger partial charge in [0.25, 0.3) is 0 Å². The Morgan fingerprint density at radius 2 is 1.88 bits per heavy atom. The normalized spacial score (nSPS) is 11.6. The fourth-order valence-electron chi connectivity index (χ4n) is 1.28. The van der Waals surface area contributed by atoms with Crippen molar-refractivity contribution in [2.24, 2.45) is 5.73 Å². The van der Waals surface area contributed by atoms with Crippen LogP contribution in [0.5, 0.6) is 0 Å². The molecule has 0 radical (unpaired) electrons. The van der Waals surface area contributed by atoms with Crippen molar-refractivity contribution in [1.82, 2.24) is 9.97 Å². The third kappa shape index (κ3) is 4.14. The van der Waals surface area contributed by atoms with Gasteiger partial charge in [-0.25, -0.2) is 9.97 Å². The fraction of sp³-hybridized carbons (Fsp3) is 0.667. The number of aryl methyl sites for hydroxylation is 1. The summed E-state index contributed by atoms with van der Waals surface area (Å²) >= 11 is 0. The van der Waals surface area contributed by atoms with Crippen LogP contribution in [0.1, 0.15) is 32.8 Å². The second-order valence-electron chi connectivity index (χ2n) is 4.91. The minimum atomic E-state index is -0.141. The molecule has 1 aromatic heterocycles. The number of nitrogens with zero attached hydrogens (tertiary/aromatic N) is 3. The molecule has 1 aromatic rings. The molecule has 0 bridgehead atoms. The summed E-state index contributed by atoms with van der Waals surface area (Å²) in [6, 6.07) is 0. The lowest BCUT2D eigenvalue weighted by Crippen LogP contribution is -2.36. The van der Waals surface area contributed by atoms with E-state index in [-0.39, 0.29) is 5.54 Å². The van der Waals surface area contributed by atoms with E-state index < -0.39 is 0 Å². The maximum Gasteiger partial charge on any atom is 0.224 e. The molecule has 0 aliphatic rings. The van der Waals surface area contributed by atoms with E-state index in [1.54, 1.807) is 0 Å². The standard InChI is InChI=1S/C12H22N4/c1-5-10-8-14-11(15-9-10)16(4)7-6-12(2,3)13/h8-9H,5-7,13H2,1-4H3. The Kier molecular flexibility index (Phi) is 4.24. The minimum absolute atomic E-state index is 0.141. The Labute approximate surface area is 97.9 Å². The third-order valence-corrected chi connectivity index (χ3v) is 2.53. The summed E-state index contributed by atoms with van der Waals surface area (Å²) in [4.78, 5) is 10.7. The summed E-state index contributed by atoms with van der Waals surface area (Å²) in [7, 11) is 1.99. The minimum Gasteiger partial charge on any atom is -0.344 e. The largest absolute Gasteiger partial charge is 0.344 e. The topological polar surface area (TPSA) is 55.0 Å². The molecule has 2 N–H and O–H groups in total. The zero-order valence-electron chi connectivity index (χ0n) is 10.7. The molecule has 16 heavy (non-hydrogen) atoms. The van der Waals surface area contributed by atoms with Crippen molar-refractivity contribution in [1.29, 1.82) is 0 Å². The first-order valence-corrected chi connectivity index (χ1v) is 5.73. The highest BCUT2D eigenvalue weighted by molar-refractivity contribution is 5.28. The van der Waals surface area contributed by atoms with Gasteiger partial charge in [-0.05, 0) is 32.3 Å². The lowest BCUT2D eigenvalue weighted by atomic mass is 10.0. The number of anilines is 1. The van der Waals surface area contributed by atoms with Gasteiger partial charge >= 0.3 is 0 Å². The average Bonchev–Trinajstić information content (AvgIpc) is 2.25. The molecule has 0 spiro atoms. The van der Waals surface area contributed by atoms with Gasteiger partial charge in [-0.2, -0.15) is 0 Å². The van der Waals surface area contributed by atoms with Crippen LogP contribution in [0, 0.1) is 0 Å². The van der Waals surface area contributed by atoms with Crippen LogP contribution in [0.15, 0.2) is 12.4 Å². The summed E-state index contributed by atoms with van der Waals surface area (Å²) in [5.41, 5.74) is 6.96. The second-order valence-corrected chi connectivity index (χ2v) is 4.91. The molecular weight excluding hydrogens is 200 g/mol. The highest BCUT2D eigenvalue weighted by Gasteiger charge is 2.12. The zero-order valence-corrected chi connectivity index (χ0v) is 10.7. The van der Waals surface area contributed by atoms with Crippen LogP contribution < -0.4 is 10.6 Å². The first-order valence-electron chi connectivity index (χ1n) is 5.73. The van der Waals surface area contributed by atoms with Crippen molar-refractivity contribution in [3.63, 3.8) is 0 Å². The third-order valence-electron chi connectivity index (χ3n) is 2.53. The Bertz CT molecular complexity index is 313. The highest BCUT2D eigenvalue weighted by Crippen LogP contribution is 2.09. The van der Waals surface area contributed by atoms with Crippen molar-refractivity contribution < 1.29 is 0 Å². The van der Waals surface area contributed by atoms with Gasteiger partial charge in [-0.15, -0.1) is 0 Å². The summed E-state index contributed by atoms with van der Waals surface area (Å²) in [6.45, 7) is 7.03. The fourth-order valence-corrected chi connectivity index (χ4v) is 1.28. The monoisotopic (exact) mass is 222 g/mol. The van der Waals surface area contributed by atoms with E-state index in [4.69, 9.17) is 5.73 Å². The van der Waals surface area contributed by atoms with E-state index in [9.17, 15) is 0 Å². The van der Waals surface area contributed by atoms with Gasteiger partial charge in [-0.3, -0.25) is 0 Å². The number of aromatic nitrogens is 2. The SMILES string of the molecule is CCc1cnc(N(C)CCC(C)(C)N)nc1. The molecule has 1 rings (SSSR count). The van der Waals surface area contributed by atoms with Gasteiger partial charge in [0.15, 0.2) is 0 Å². The van der Waals surface area contributed by atoms with Crippen molar-refractivity contribution in [3.05, 3.63) is 18.0 Å². The van der Waals surface area contributed by atoms with Crippen LogP contribution in [-0.2, 0) is 6.42 Å². The number of hydrogen-bond donors (Lipinski definition) is 1. The molecule has 0 fully saturated rings. The predicted octanol–water partition coefficient (Wildman–Crippen LogP) is 1.60. The van der Waals surface area contributed by atoms with E-state index in [2.05, 4.69) is 16.9 Å². The second kappa shape index (κ2) is 5.25. The molecular formula is C12H22N4. The summed E-state index contributed by atoms with van der Waals surface area (Å²) < 4.78 is 0. The molecule has 0 aromatic carbocycles. The van der Waals surface area contributed by atoms with Gasteiger partial charge in [0.2, 0.25) is 5.95 Å².